The first-order valence-corrected chi connectivity index (χ1v) is 11.2. The third kappa shape index (κ3) is 4.15. The van der Waals surface area contributed by atoms with Gasteiger partial charge in [-0.05, 0) is 50.0 Å². The van der Waals surface area contributed by atoms with E-state index in [1.807, 2.05) is 43.3 Å². The number of benzene rings is 1. The van der Waals surface area contributed by atoms with Gasteiger partial charge in [0.1, 0.15) is 5.76 Å². The third-order valence-corrected chi connectivity index (χ3v) is 7.16. The van der Waals surface area contributed by atoms with E-state index in [0.717, 1.165) is 28.0 Å². The van der Waals surface area contributed by atoms with Crippen molar-refractivity contribution in [2.45, 2.75) is 17.2 Å². The van der Waals surface area contributed by atoms with Crippen LogP contribution in [0.4, 0.5) is 0 Å². The van der Waals surface area contributed by atoms with Crippen molar-refractivity contribution in [3.63, 3.8) is 0 Å². The van der Waals surface area contributed by atoms with Crippen LogP contribution in [-0.2, 0) is 12.3 Å². The van der Waals surface area contributed by atoms with Crippen LogP contribution >= 0.6 is 34.7 Å². The van der Waals surface area contributed by atoms with Crippen molar-refractivity contribution in [1.82, 2.24) is 9.80 Å². The fraction of sp³-hybridized carbons (Fsp3) is 0.286. The summed E-state index contributed by atoms with van der Waals surface area (Å²) in [6.45, 7) is 1.92. The van der Waals surface area contributed by atoms with E-state index in [-0.39, 0.29) is 5.91 Å². The molecule has 0 saturated carbocycles. The number of thiophene rings is 1. The largest absolute Gasteiger partial charge is 0.467 e. The maximum atomic E-state index is 13.3. The van der Waals surface area contributed by atoms with Gasteiger partial charge in [-0.25, -0.2) is 0 Å². The second-order valence-corrected chi connectivity index (χ2v) is 9.51. The Kier molecular flexibility index (Phi) is 5.83. The molecule has 0 unspecified atom stereocenters. The highest BCUT2D eigenvalue weighted by molar-refractivity contribution is 7.98. The lowest BCUT2D eigenvalue weighted by atomic mass is 10.1. The molecule has 3 aromatic rings. The first-order valence-electron chi connectivity index (χ1n) is 9.03. The molecule has 0 N–H and O–H groups in total. The number of carbonyl (C=O) groups excluding carboxylic acids is 1. The van der Waals surface area contributed by atoms with Crippen LogP contribution in [0, 0.1) is 0 Å². The highest BCUT2D eigenvalue weighted by atomic mass is 35.5. The van der Waals surface area contributed by atoms with E-state index in [2.05, 4.69) is 17.0 Å². The van der Waals surface area contributed by atoms with Crippen molar-refractivity contribution in [3.8, 4) is 10.4 Å². The van der Waals surface area contributed by atoms with Gasteiger partial charge in [-0.3, -0.25) is 4.79 Å². The van der Waals surface area contributed by atoms with Crippen molar-refractivity contribution in [2.24, 2.45) is 0 Å². The number of thioether (sulfide) groups is 1. The maximum Gasteiger partial charge on any atom is 0.264 e. The Morgan fingerprint density at radius 3 is 2.82 bits per heavy atom. The summed E-state index contributed by atoms with van der Waals surface area (Å²) in [4.78, 5) is 20.4. The van der Waals surface area contributed by atoms with Crippen LogP contribution in [0.3, 0.4) is 0 Å². The molecule has 0 aliphatic carbocycles. The zero-order chi connectivity index (χ0) is 19.7. The van der Waals surface area contributed by atoms with Crippen LogP contribution in [0.2, 0.25) is 5.02 Å². The second-order valence-electron chi connectivity index (χ2n) is 7.00. The van der Waals surface area contributed by atoms with Gasteiger partial charge in [0.05, 0.1) is 17.7 Å². The normalized spacial score (nSPS) is 12.7. The van der Waals surface area contributed by atoms with Gasteiger partial charge >= 0.3 is 0 Å². The molecule has 0 saturated heterocycles. The smallest absolute Gasteiger partial charge is 0.264 e. The summed E-state index contributed by atoms with van der Waals surface area (Å²) < 4.78 is 5.48. The van der Waals surface area contributed by atoms with Crippen molar-refractivity contribution < 1.29 is 9.21 Å². The Bertz CT molecular complexity index is 982. The lowest BCUT2D eigenvalue weighted by Gasteiger charge is -2.23. The van der Waals surface area contributed by atoms with E-state index in [4.69, 9.17) is 16.0 Å². The second kappa shape index (κ2) is 8.33. The van der Waals surface area contributed by atoms with Gasteiger partial charge < -0.3 is 14.2 Å². The Morgan fingerprint density at radius 1 is 1.21 bits per heavy atom. The molecular weight excluding hydrogens is 412 g/mol. The van der Waals surface area contributed by atoms with Gasteiger partial charge in [-0.2, -0.15) is 0 Å². The van der Waals surface area contributed by atoms with Gasteiger partial charge in [0.15, 0.2) is 0 Å². The SMILES string of the molecule is CN(C)CCN(Cc1ccco1)C(=O)c1cc2c(s1)-c1ccc(Cl)cc1SC2. The topological polar surface area (TPSA) is 36.7 Å². The molecule has 7 heteroatoms. The van der Waals surface area contributed by atoms with Gasteiger partial charge in [0.25, 0.3) is 5.91 Å². The Labute approximate surface area is 178 Å². The van der Waals surface area contributed by atoms with Crippen molar-refractivity contribution in [3.05, 3.63) is 63.9 Å². The van der Waals surface area contributed by atoms with Gasteiger partial charge in [-0.15, -0.1) is 23.1 Å². The zero-order valence-corrected chi connectivity index (χ0v) is 18.2. The Balaban J connectivity index is 1.62. The average molecular weight is 433 g/mol. The number of likely N-dealkylation sites (N-methyl/N-ethyl adjacent to an activating group) is 1. The maximum absolute atomic E-state index is 13.3. The molecule has 0 radical (unpaired) electrons. The number of nitrogens with zero attached hydrogens (tertiary/aromatic N) is 2. The number of hydrogen-bond donors (Lipinski definition) is 0. The lowest BCUT2D eigenvalue weighted by Crippen LogP contribution is -2.35. The summed E-state index contributed by atoms with van der Waals surface area (Å²) in [5.41, 5.74) is 2.39. The number of amides is 1. The molecule has 0 spiro atoms. The number of rotatable bonds is 6. The Hall–Kier alpha value is -1.73. The van der Waals surface area contributed by atoms with E-state index in [1.54, 1.807) is 29.4 Å². The summed E-state index contributed by atoms with van der Waals surface area (Å²) in [5.74, 6) is 1.71. The number of fused-ring (bicyclic) bond motifs is 3. The average Bonchev–Trinajstić information content (AvgIpc) is 3.33. The summed E-state index contributed by atoms with van der Waals surface area (Å²) >= 11 is 9.49. The highest BCUT2D eigenvalue weighted by Gasteiger charge is 2.25. The fourth-order valence-corrected chi connectivity index (χ4v) is 5.80. The molecule has 1 aliphatic heterocycles. The summed E-state index contributed by atoms with van der Waals surface area (Å²) in [7, 11) is 4.03. The van der Waals surface area contributed by atoms with Gasteiger partial charge in [0.2, 0.25) is 0 Å². The molecule has 146 valence electrons. The first-order chi connectivity index (χ1) is 13.5. The monoisotopic (exact) mass is 432 g/mol. The molecule has 0 fully saturated rings. The molecular formula is C21H21ClN2O2S2. The van der Waals surface area contributed by atoms with Crippen molar-refractivity contribution in [2.75, 3.05) is 27.2 Å². The summed E-state index contributed by atoms with van der Waals surface area (Å²) in [6.07, 6.45) is 1.65. The van der Waals surface area contributed by atoms with Gasteiger partial charge in [0, 0.05) is 39.2 Å². The molecule has 0 atom stereocenters. The fourth-order valence-electron chi connectivity index (χ4n) is 3.15. The minimum atomic E-state index is 0.0539. The van der Waals surface area contributed by atoms with E-state index >= 15 is 0 Å². The number of hydrogen-bond acceptors (Lipinski definition) is 5. The number of carbonyl (C=O) groups is 1. The van der Waals surface area contributed by atoms with Crippen LogP contribution in [0.25, 0.3) is 10.4 Å². The van der Waals surface area contributed by atoms with E-state index in [0.29, 0.717) is 13.1 Å². The van der Waals surface area contributed by atoms with Crippen LogP contribution in [0.15, 0.2) is 52.0 Å². The van der Waals surface area contributed by atoms with Crippen LogP contribution in [0.1, 0.15) is 21.0 Å². The van der Waals surface area contributed by atoms with Gasteiger partial charge in [-0.1, -0.05) is 17.7 Å². The third-order valence-electron chi connectivity index (χ3n) is 4.62. The molecule has 3 heterocycles. The minimum absolute atomic E-state index is 0.0539. The Morgan fingerprint density at radius 2 is 2.07 bits per heavy atom. The predicted molar refractivity (Wildman–Crippen MR) is 116 cm³/mol. The quantitative estimate of drug-likeness (QED) is 0.517. The standard InChI is InChI=1S/C21H21ClN2O2S2/c1-23(2)7-8-24(12-16-4-3-9-26-16)21(25)19-10-14-13-27-18-11-15(22)5-6-17(18)20(14)28-19/h3-6,9-11H,7-8,12-13H2,1-2H3. The molecule has 1 amide bonds. The van der Waals surface area contributed by atoms with Crippen LogP contribution in [0.5, 0.6) is 0 Å². The molecule has 1 aromatic carbocycles. The molecule has 1 aliphatic rings. The molecule has 28 heavy (non-hydrogen) atoms. The minimum Gasteiger partial charge on any atom is -0.467 e. The molecule has 4 nitrogen and oxygen atoms in total. The van der Waals surface area contributed by atoms with Crippen LogP contribution in [-0.4, -0.2) is 42.9 Å². The summed E-state index contributed by atoms with van der Waals surface area (Å²) in [6, 6.07) is 11.8. The molecule has 4 rings (SSSR count). The van der Waals surface area contributed by atoms with Crippen molar-refractivity contribution >= 4 is 40.6 Å². The van der Waals surface area contributed by atoms with Crippen LogP contribution < -0.4 is 0 Å². The lowest BCUT2D eigenvalue weighted by molar-refractivity contribution is 0.0724. The zero-order valence-electron chi connectivity index (χ0n) is 15.8. The van der Waals surface area contributed by atoms with E-state index < -0.39 is 0 Å². The van der Waals surface area contributed by atoms with E-state index in [1.165, 1.54) is 20.9 Å². The number of furan rings is 1. The number of halogens is 1. The molecule has 2 aromatic heterocycles. The summed E-state index contributed by atoms with van der Waals surface area (Å²) in [5, 5.41) is 0.746. The molecule has 0 bridgehead atoms. The predicted octanol–water partition coefficient (Wildman–Crippen LogP) is 5.47. The van der Waals surface area contributed by atoms with Crippen molar-refractivity contribution in [1.29, 1.82) is 0 Å². The first kappa shape index (κ1) is 19.6. The van der Waals surface area contributed by atoms with E-state index in [9.17, 15) is 4.79 Å². The highest BCUT2D eigenvalue weighted by Crippen LogP contribution is 2.46.